The van der Waals surface area contributed by atoms with Crippen molar-refractivity contribution in [2.45, 2.75) is 31.1 Å². The van der Waals surface area contributed by atoms with Crippen LogP contribution in [0.1, 0.15) is 37.0 Å². The van der Waals surface area contributed by atoms with Gasteiger partial charge in [-0.15, -0.1) is 6.58 Å². The van der Waals surface area contributed by atoms with Gasteiger partial charge >= 0.3 is 5.97 Å². The van der Waals surface area contributed by atoms with Crippen LogP contribution in [-0.4, -0.2) is 30.8 Å². The normalized spacial score (nSPS) is 23.7. The third kappa shape index (κ3) is 2.88. The van der Waals surface area contributed by atoms with Crippen LogP contribution >= 0.6 is 0 Å². The second kappa shape index (κ2) is 8.06. The maximum Gasteiger partial charge on any atom is 0.341 e. The van der Waals surface area contributed by atoms with Gasteiger partial charge in [0, 0.05) is 36.6 Å². The average molecular weight is 460 g/mol. The van der Waals surface area contributed by atoms with Gasteiger partial charge in [-0.2, -0.15) is 0 Å². The van der Waals surface area contributed by atoms with Gasteiger partial charge in [0.1, 0.15) is 22.5 Å². The summed E-state index contributed by atoms with van der Waals surface area (Å²) in [6.45, 7) is 5.68. The number of carbonyl (C=O) groups excluding carboxylic acids is 3. The van der Waals surface area contributed by atoms with Gasteiger partial charge in [0.25, 0.3) is 0 Å². The lowest BCUT2D eigenvalue weighted by atomic mass is 9.63. The van der Waals surface area contributed by atoms with E-state index < -0.39 is 17.3 Å². The number of nitrogens with two attached hydrogens (primary N) is 1. The van der Waals surface area contributed by atoms with E-state index in [1.807, 2.05) is 0 Å². The number of esters is 1. The SMILES string of the molecule is C=CCN1C(=O)C2(C(C(=O)OCC)=C(N)OC3=C2C(=O)CC(c2ccco2)C3)c2ccccc21. The van der Waals surface area contributed by atoms with Crippen molar-refractivity contribution in [1.82, 2.24) is 0 Å². The highest BCUT2D eigenvalue weighted by Crippen LogP contribution is 2.57. The Morgan fingerprint density at radius 3 is 2.76 bits per heavy atom. The number of rotatable bonds is 5. The van der Waals surface area contributed by atoms with Crippen molar-refractivity contribution in [1.29, 1.82) is 0 Å². The Hall–Kier alpha value is -4.07. The Morgan fingerprint density at radius 1 is 1.26 bits per heavy atom. The predicted octanol–water partition coefficient (Wildman–Crippen LogP) is 3.21. The van der Waals surface area contributed by atoms with E-state index in [0.29, 0.717) is 23.4 Å². The lowest BCUT2D eigenvalue weighted by Crippen LogP contribution is -2.51. The molecule has 0 radical (unpaired) electrons. The molecule has 1 aliphatic carbocycles. The molecule has 3 aliphatic rings. The molecule has 174 valence electrons. The van der Waals surface area contributed by atoms with Crippen LogP contribution in [0.25, 0.3) is 0 Å². The van der Waals surface area contributed by atoms with Crippen LogP contribution in [-0.2, 0) is 29.3 Å². The first kappa shape index (κ1) is 21.8. The maximum absolute atomic E-state index is 14.2. The van der Waals surface area contributed by atoms with E-state index in [-0.39, 0.29) is 54.1 Å². The molecule has 34 heavy (non-hydrogen) atoms. The van der Waals surface area contributed by atoms with E-state index in [4.69, 9.17) is 19.6 Å². The third-order valence-electron chi connectivity index (χ3n) is 6.55. The first-order valence-corrected chi connectivity index (χ1v) is 11.1. The molecular weight excluding hydrogens is 436 g/mol. The molecule has 2 aliphatic heterocycles. The smallest absolute Gasteiger partial charge is 0.341 e. The topological polar surface area (TPSA) is 112 Å². The zero-order valence-electron chi connectivity index (χ0n) is 18.7. The summed E-state index contributed by atoms with van der Waals surface area (Å²) in [6, 6.07) is 10.6. The molecule has 2 atom stereocenters. The standard InChI is InChI=1S/C26H24N2O6/c1-3-11-28-17-9-6-5-8-16(17)26(25(28)31)21-18(29)13-15(19-10-7-12-33-19)14-20(21)34-23(27)22(26)24(30)32-4-2/h3,5-10,12,15H,1,4,11,13-14,27H2,2H3. The van der Waals surface area contributed by atoms with Gasteiger partial charge in [0.05, 0.1) is 18.4 Å². The van der Waals surface area contributed by atoms with Gasteiger partial charge in [-0.25, -0.2) is 4.79 Å². The second-order valence-corrected chi connectivity index (χ2v) is 8.38. The molecule has 3 heterocycles. The van der Waals surface area contributed by atoms with E-state index in [1.54, 1.807) is 55.7 Å². The number of nitrogens with zero attached hydrogens (tertiary/aromatic N) is 1. The molecule has 2 N–H and O–H groups in total. The summed E-state index contributed by atoms with van der Waals surface area (Å²) in [5.41, 5.74) is 5.61. The van der Waals surface area contributed by atoms with Crippen LogP contribution in [0, 0.1) is 0 Å². The van der Waals surface area contributed by atoms with Gasteiger partial charge in [0.15, 0.2) is 5.78 Å². The molecule has 0 fully saturated rings. The highest BCUT2D eigenvalue weighted by atomic mass is 16.5. The summed E-state index contributed by atoms with van der Waals surface area (Å²) in [4.78, 5) is 42.7. The van der Waals surface area contributed by atoms with Crippen molar-refractivity contribution >= 4 is 23.3 Å². The van der Waals surface area contributed by atoms with Gasteiger partial charge in [-0.1, -0.05) is 24.3 Å². The number of carbonyl (C=O) groups is 3. The monoisotopic (exact) mass is 460 g/mol. The molecule has 0 saturated carbocycles. The Balaban J connectivity index is 1.78. The third-order valence-corrected chi connectivity index (χ3v) is 6.55. The van der Waals surface area contributed by atoms with Crippen LogP contribution in [0.3, 0.4) is 0 Å². The highest BCUT2D eigenvalue weighted by molar-refractivity contribution is 6.23. The van der Waals surface area contributed by atoms with Crippen molar-refractivity contribution in [2.75, 3.05) is 18.1 Å². The van der Waals surface area contributed by atoms with Crippen molar-refractivity contribution in [2.24, 2.45) is 5.73 Å². The van der Waals surface area contributed by atoms with Gasteiger partial charge in [0.2, 0.25) is 11.8 Å². The molecule has 8 nitrogen and oxygen atoms in total. The Kier molecular flexibility index (Phi) is 5.16. The molecule has 5 rings (SSSR count). The maximum atomic E-state index is 14.2. The van der Waals surface area contributed by atoms with E-state index >= 15 is 0 Å². The number of allylic oxidation sites excluding steroid dienone is 1. The predicted molar refractivity (Wildman–Crippen MR) is 122 cm³/mol. The Bertz CT molecular complexity index is 1270. The zero-order valence-corrected chi connectivity index (χ0v) is 18.7. The molecule has 2 aromatic rings. The van der Waals surface area contributed by atoms with Crippen LogP contribution < -0.4 is 10.6 Å². The number of hydrogen-bond donors (Lipinski definition) is 1. The Morgan fingerprint density at radius 2 is 2.06 bits per heavy atom. The van der Waals surface area contributed by atoms with E-state index in [9.17, 15) is 14.4 Å². The van der Waals surface area contributed by atoms with Gasteiger partial charge in [-0.05, 0) is 25.1 Å². The molecule has 1 spiro atoms. The molecule has 1 aromatic heterocycles. The number of ether oxygens (including phenoxy) is 2. The molecule has 2 unspecified atom stereocenters. The van der Waals surface area contributed by atoms with E-state index in [1.165, 1.54) is 4.90 Å². The summed E-state index contributed by atoms with van der Waals surface area (Å²) in [7, 11) is 0. The molecule has 0 saturated heterocycles. The lowest BCUT2D eigenvalue weighted by molar-refractivity contribution is -0.141. The Labute approximate surface area is 196 Å². The minimum absolute atomic E-state index is 0.0678. The summed E-state index contributed by atoms with van der Waals surface area (Å²) in [6.07, 6.45) is 3.54. The summed E-state index contributed by atoms with van der Waals surface area (Å²) in [5, 5.41) is 0. The first-order valence-electron chi connectivity index (χ1n) is 11.1. The fourth-order valence-corrected chi connectivity index (χ4v) is 5.31. The van der Waals surface area contributed by atoms with E-state index in [0.717, 1.165) is 0 Å². The van der Waals surface area contributed by atoms with Crippen LogP contribution in [0.15, 0.2) is 82.5 Å². The van der Waals surface area contributed by atoms with Crippen LogP contribution in [0.5, 0.6) is 0 Å². The van der Waals surface area contributed by atoms with Gasteiger partial charge in [-0.3, -0.25) is 9.59 Å². The van der Waals surface area contributed by atoms with Crippen molar-refractivity contribution < 1.29 is 28.3 Å². The van der Waals surface area contributed by atoms with Gasteiger partial charge < -0.3 is 24.5 Å². The molecular formula is C26H24N2O6. The molecule has 1 aromatic carbocycles. The quantitative estimate of drug-likeness (QED) is 0.539. The fraction of sp³-hybridized carbons (Fsp3) is 0.269. The van der Waals surface area contributed by atoms with Crippen molar-refractivity contribution in [3.63, 3.8) is 0 Å². The van der Waals surface area contributed by atoms with Crippen LogP contribution in [0.4, 0.5) is 5.69 Å². The molecule has 1 amide bonds. The zero-order chi connectivity index (χ0) is 24.0. The summed E-state index contributed by atoms with van der Waals surface area (Å²) < 4.78 is 16.7. The number of furan rings is 1. The second-order valence-electron chi connectivity index (χ2n) is 8.38. The fourth-order valence-electron chi connectivity index (χ4n) is 5.31. The van der Waals surface area contributed by atoms with E-state index in [2.05, 4.69) is 6.58 Å². The minimum Gasteiger partial charge on any atom is -0.469 e. The lowest BCUT2D eigenvalue weighted by Gasteiger charge is -2.40. The number of Topliss-reactive ketones (excluding diaryl/α,β-unsaturated/α-hetero) is 1. The number of para-hydroxylation sites is 1. The largest absolute Gasteiger partial charge is 0.469 e. The number of amides is 1. The number of hydrogen-bond acceptors (Lipinski definition) is 7. The number of benzene rings is 1. The molecule has 0 bridgehead atoms. The van der Waals surface area contributed by atoms with Crippen molar-refractivity contribution in [3.05, 3.63) is 89.4 Å². The number of ketones is 1. The van der Waals surface area contributed by atoms with Crippen LogP contribution in [0.2, 0.25) is 0 Å². The number of fused-ring (bicyclic) bond motifs is 3. The summed E-state index contributed by atoms with van der Waals surface area (Å²) in [5.74, 6) is -1.16. The first-order chi connectivity index (χ1) is 16.4. The summed E-state index contributed by atoms with van der Waals surface area (Å²) >= 11 is 0. The minimum atomic E-state index is -1.76. The van der Waals surface area contributed by atoms with Crippen molar-refractivity contribution in [3.8, 4) is 0 Å². The average Bonchev–Trinajstić information content (AvgIpc) is 3.42. The molecule has 8 heteroatoms. The number of anilines is 1. The highest BCUT2D eigenvalue weighted by Gasteiger charge is 2.64.